The molecule has 1 aromatic rings. The second kappa shape index (κ2) is 5.53. The first-order valence-corrected chi connectivity index (χ1v) is 5.36. The lowest BCUT2D eigenvalue weighted by atomic mass is 10.1. The van der Waals surface area contributed by atoms with Crippen molar-refractivity contribution in [2.75, 3.05) is 19.0 Å². The lowest BCUT2D eigenvalue weighted by Gasteiger charge is -2.23. The van der Waals surface area contributed by atoms with E-state index in [0.29, 0.717) is 5.56 Å². The van der Waals surface area contributed by atoms with Gasteiger partial charge in [0.1, 0.15) is 0 Å². The van der Waals surface area contributed by atoms with Gasteiger partial charge in [0.05, 0.1) is 17.2 Å². The van der Waals surface area contributed by atoms with Crippen LogP contribution in [0.25, 0.3) is 0 Å². The molecule has 3 heteroatoms. The summed E-state index contributed by atoms with van der Waals surface area (Å²) in [6, 6.07) is 9.60. The van der Waals surface area contributed by atoms with Crippen molar-refractivity contribution in [2.45, 2.75) is 25.9 Å². The Bertz CT molecular complexity index is 380. The van der Waals surface area contributed by atoms with Gasteiger partial charge in [-0.15, -0.1) is 0 Å². The molecular formula is C13H18N2O. The average Bonchev–Trinajstić information content (AvgIpc) is 2.29. The predicted octanol–water partition coefficient (Wildman–Crippen LogP) is 2.79. The van der Waals surface area contributed by atoms with E-state index in [1.54, 1.807) is 13.2 Å². The van der Waals surface area contributed by atoms with Gasteiger partial charge in [0.15, 0.2) is 0 Å². The highest BCUT2D eigenvalue weighted by atomic mass is 16.5. The lowest BCUT2D eigenvalue weighted by Crippen LogP contribution is -2.25. The second-order valence-corrected chi connectivity index (χ2v) is 4.33. The van der Waals surface area contributed by atoms with E-state index in [4.69, 9.17) is 10.00 Å². The van der Waals surface area contributed by atoms with Gasteiger partial charge < -0.3 is 10.1 Å². The Morgan fingerprint density at radius 2 is 2.19 bits per heavy atom. The van der Waals surface area contributed by atoms with E-state index >= 15 is 0 Å². The second-order valence-electron chi connectivity index (χ2n) is 4.33. The molecule has 0 bridgehead atoms. The van der Waals surface area contributed by atoms with Gasteiger partial charge in [-0.25, -0.2) is 0 Å². The van der Waals surface area contributed by atoms with Crippen LogP contribution < -0.4 is 5.32 Å². The van der Waals surface area contributed by atoms with Crippen LogP contribution in [-0.4, -0.2) is 19.3 Å². The Hall–Kier alpha value is -1.53. The van der Waals surface area contributed by atoms with Gasteiger partial charge in [-0.1, -0.05) is 6.07 Å². The number of rotatable bonds is 5. The van der Waals surface area contributed by atoms with Crippen molar-refractivity contribution in [3.8, 4) is 6.07 Å². The molecule has 0 atom stereocenters. The van der Waals surface area contributed by atoms with Crippen LogP contribution in [0.3, 0.4) is 0 Å². The van der Waals surface area contributed by atoms with Crippen molar-refractivity contribution in [1.82, 2.24) is 0 Å². The molecule has 1 rings (SSSR count). The zero-order chi connectivity index (χ0) is 12.0. The molecule has 0 amide bonds. The first kappa shape index (κ1) is 12.5. The van der Waals surface area contributed by atoms with Gasteiger partial charge in [0.2, 0.25) is 0 Å². The molecule has 0 aliphatic heterocycles. The molecule has 0 spiro atoms. The van der Waals surface area contributed by atoms with Crippen LogP contribution in [0.5, 0.6) is 0 Å². The smallest absolute Gasteiger partial charge is 0.0992 e. The summed E-state index contributed by atoms with van der Waals surface area (Å²) in [7, 11) is 1.72. The average molecular weight is 218 g/mol. The molecule has 0 aliphatic rings. The topological polar surface area (TPSA) is 45.0 Å². The van der Waals surface area contributed by atoms with Crippen molar-refractivity contribution in [2.24, 2.45) is 0 Å². The van der Waals surface area contributed by atoms with Crippen LogP contribution >= 0.6 is 0 Å². The first-order valence-electron chi connectivity index (χ1n) is 5.36. The van der Waals surface area contributed by atoms with E-state index in [0.717, 1.165) is 18.7 Å². The predicted molar refractivity (Wildman–Crippen MR) is 65.4 cm³/mol. The van der Waals surface area contributed by atoms with Crippen LogP contribution in [-0.2, 0) is 4.74 Å². The van der Waals surface area contributed by atoms with Crippen LogP contribution in [0.4, 0.5) is 5.69 Å². The number of anilines is 1. The maximum absolute atomic E-state index is 8.76. The summed E-state index contributed by atoms with van der Waals surface area (Å²) in [5, 5.41) is 12.0. The number of nitrogens with zero attached hydrogens (tertiary/aromatic N) is 1. The van der Waals surface area contributed by atoms with Crippen molar-refractivity contribution in [3.05, 3.63) is 29.8 Å². The molecular weight excluding hydrogens is 200 g/mol. The van der Waals surface area contributed by atoms with E-state index in [9.17, 15) is 0 Å². The first-order chi connectivity index (χ1) is 7.57. The Balaban J connectivity index is 2.46. The van der Waals surface area contributed by atoms with Gasteiger partial charge in [-0.05, 0) is 38.5 Å². The molecule has 86 valence electrons. The fourth-order valence-electron chi connectivity index (χ4n) is 1.31. The summed E-state index contributed by atoms with van der Waals surface area (Å²) in [5.74, 6) is 0. The van der Waals surface area contributed by atoms with E-state index < -0.39 is 0 Å². The summed E-state index contributed by atoms with van der Waals surface area (Å²) in [6.07, 6.45) is 0.917. The Morgan fingerprint density at radius 1 is 1.44 bits per heavy atom. The zero-order valence-electron chi connectivity index (χ0n) is 10.1. The highest BCUT2D eigenvalue weighted by molar-refractivity contribution is 5.48. The number of benzene rings is 1. The third kappa shape index (κ3) is 3.92. The van der Waals surface area contributed by atoms with Crippen LogP contribution in [0.1, 0.15) is 25.8 Å². The van der Waals surface area contributed by atoms with E-state index in [1.165, 1.54) is 0 Å². The normalized spacial score (nSPS) is 10.9. The molecule has 0 aromatic heterocycles. The van der Waals surface area contributed by atoms with Gasteiger partial charge in [-0.2, -0.15) is 5.26 Å². The highest BCUT2D eigenvalue weighted by Gasteiger charge is 2.14. The van der Waals surface area contributed by atoms with Crippen LogP contribution in [0.2, 0.25) is 0 Å². The summed E-state index contributed by atoms with van der Waals surface area (Å²) in [6.45, 7) is 4.94. The van der Waals surface area contributed by atoms with Crippen molar-refractivity contribution >= 4 is 5.69 Å². The largest absolute Gasteiger partial charge is 0.385 e. The van der Waals surface area contributed by atoms with E-state index in [2.05, 4.69) is 25.2 Å². The number of ether oxygens (including phenoxy) is 1. The minimum absolute atomic E-state index is 0.111. The Labute approximate surface area is 97.0 Å². The van der Waals surface area contributed by atoms with E-state index in [1.807, 2.05) is 18.2 Å². The van der Waals surface area contributed by atoms with Gasteiger partial charge >= 0.3 is 0 Å². The number of hydrogen-bond acceptors (Lipinski definition) is 3. The minimum Gasteiger partial charge on any atom is -0.385 e. The maximum Gasteiger partial charge on any atom is 0.0992 e. The molecule has 0 saturated heterocycles. The van der Waals surface area contributed by atoms with Crippen LogP contribution in [0.15, 0.2) is 24.3 Å². The summed E-state index contributed by atoms with van der Waals surface area (Å²) in [5.41, 5.74) is 1.54. The van der Waals surface area contributed by atoms with Gasteiger partial charge in [-0.3, -0.25) is 0 Å². The maximum atomic E-state index is 8.76. The molecule has 0 aliphatic carbocycles. The number of hydrogen-bond donors (Lipinski definition) is 1. The number of nitriles is 1. The monoisotopic (exact) mass is 218 g/mol. The van der Waals surface area contributed by atoms with E-state index in [-0.39, 0.29) is 5.60 Å². The molecule has 0 radical (unpaired) electrons. The van der Waals surface area contributed by atoms with Gasteiger partial charge in [0, 0.05) is 19.3 Å². The minimum atomic E-state index is -0.111. The van der Waals surface area contributed by atoms with Crippen molar-refractivity contribution < 1.29 is 4.74 Å². The molecule has 1 N–H and O–H groups in total. The molecule has 0 fully saturated rings. The Kier molecular flexibility index (Phi) is 4.33. The van der Waals surface area contributed by atoms with Crippen LogP contribution in [0, 0.1) is 11.3 Å². The van der Waals surface area contributed by atoms with Crippen molar-refractivity contribution in [1.29, 1.82) is 5.26 Å². The fraction of sp³-hybridized carbons (Fsp3) is 0.462. The Morgan fingerprint density at radius 3 is 2.81 bits per heavy atom. The molecule has 1 aromatic carbocycles. The fourth-order valence-corrected chi connectivity index (χ4v) is 1.31. The molecule has 16 heavy (non-hydrogen) atoms. The summed E-state index contributed by atoms with van der Waals surface area (Å²) in [4.78, 5) is 0. The molecule has 3 nitrogen and oxygen atoms in total. The number of nitrogens with one attached hydrogen (secondary N) is 1. The van der Waals surface area contributed by atoms with Crippen molar-refractivity contribution in [3.63, 3.8) is 0 Å². The van der Waals surface area contributed by atoms with Gasteiger partial charge in [0.25, 0.3) is 0 Å². The lowest BCUT2D eigenvalue weighted by molar-refractivity contribution is 0.0185. The quantitative estimate of drug-likeness (QED) is 0.826. The molecule has 0 heterocycles. The molecule has 0 saturated carbocycles. The SMILES string of the molecule is COC(C)(C)CCNc1cccc(C#N)c1. The standard InChI is InChI=1S/C13H18N2O/c1-13(2,16-3)7-8-15-12-6-4-5-11(9-12)10-14/h4-6,9,15H,7-8H2,1-3H3. The zero-order valence-corrected chi connectivity index (χ0v) is 10.1. The number of methoxy groups -OCH3 is 1. The highest BCUT2D eigenvalue weighted by Crippen LogP contribution is 2.14. The third-order valence-corrected chi connectivity index (χ3v) is 2.60. The third-order valence-electron chi connectivity index (χ3n) is 2.60. The summed E-state index contributed by atoms with van der Waals surface area (Å²) >= 11 is 0. The molecule has 0 unspecified atom stereocenters. The summed E-state index contributed by atoms with van der Waals surface area (Å²) < 4.78 is 5.33.